The van der Waals surface area contributed by atoms with Crippen LogP contribution in [-0.4, -0.2) is 16.0 Å². The van der Waals surface area contributed by atoms with Gasteiger partial charge in [-0.1, -0.05) is 6.07 Å². The summed E-state index contributed by atoms with van der Waals surface area (Å²) in [5.41, 5.74) is 11.3. The van der Waals surface area contributed by atoms with E-state index in [-0.39, 0.29) is 11.0 Å². The summed E-state index contributed by atoms with van der Waals surface area (Å²) in [7, 11) is 0. The second-order valence-corrected chi connectivity index (χ2v) is 3.79. The lowest BCUT2D eigenvalue weighted by molar-refractivity contribution is 0.0944. The van der Waals surface area contributed by atoms with Crippen LogP contribution in [0.2, 0.25) is 0 Å². The fourth-order valence-corrected chi connectivity index (χ4v) is 1.46. The fraction of sp³-hybridized carbons (Fsp3) is 0. The van der Waals surface area contributed by atoms with E-state index in [0.717, 1.165) is 10.9 Å². The molecule has 1 aromatic heterocycles. The van der Waals surface area contributed by atoms with Crippen LogP contribution in [-0.2, 0) is 0 Å². The van der Waals surface area contributed by atoms with Gasteiger partial charge in [-0.25, -0.2) is 0 Å². The summed E-state index contributed by atoms with van der Waals surface area (Å²) in [6, 6.07) is 8.92. The average Bonchev–Trinajstić information content (AvgIpc) is 2.35. The van der Waals surface area contributed by atoms with Crippen molar-refractivity contribution in [1.29, 1.82) is 0 Å². The molecule has 0 spiro atoms. The van der Waals surface area contributed by atoms with Crippen molar-refractivity contribution in [3.63, 3.8) is 0 Å². The number of thiocarbonyl (C=S) groups is 1. The van der Waals surface area contributed by atoms with Gasteiger partial charge >= 0.3 is 0 Å². The number of rotatable bonds is 1. The van der Waals surface area contributed by atoms with Gasteiger partial charge in [0, 0.05) is 17.1 Å². The van der Waals surface area contributed by atoms with Crippen LogP contribution in [0.25, 0.3) is 10.9 Å². The predicted molar refractivity (Wildman–Crippen MR) is 69.1 cm³/mol. The predicted octanol–water partition coefficient (Wildman–Crippen LogP) is 0.713. The molecule has 0 bridgehead atoms. The summed E-state index contributed by atoms with van der Waals surface area (Å²) in [5.74, 6) is -0.302. The molecule has 0 radical (unpaired) electrons. The molecule has 0 aliphatic heterocycles. The zero-order valence-electron chi connectivity index (χ0n) is 8.81. The lowest BCUT2D eigenvalue weighted by Crippen LogP contribution is -2.44. The molecule has 0 saturated heterocycles. The smallest absolute Gasteiger partial charge is 0.269 e. The second-order valence-electron chi connectivity index (χ2n) is 3.35. The third kappa shape index (κ3) is 2.67. The minimum Gasteiger partial charge on any atom is -0.375 e. The molecule has 0 aliphatic carbocycles. The maximum atomic E-state index is 11.7. The minimum atomic E-state index is -0.302. The number of aromatic nitrogens is 1. The Hall–Kier alpha value is -2.21. The lowest BCUT2D eigenvalue weighted by atomic mass is 10.1. The van der Waals surface area contributed by atoms with E-state index in [0.29, 0.717) is 5.56 Å². The van der Waals surface area contributed by atoms with Crippen molar-refractivity contribution in [3.8, 4) is 0 Å². The van der Waals surface area contributed by atoms with E-state index in [9.17, 15) is 4.79 Å². The van der Waals surface area contributed by atoms with Crippen molar-refractivity contribution in [2.24, 2.45) is 5.73 Å². The molecule has 17 heavy (non-hydrogen) atoms. The number of nitrogens with two attached hydrogens (primary N) is 1. The molecule has 0 unspecified atom stereocenters. The highest BCUT2D eigenvalue weighted by atomic mass is 32.1. The molecule has 1 aromatic carbocycles. The van der Waals surface area contributed by atoms with E-state index in [4.69, 9.17) is 5.73 Å². The van der Waals surface area contributed by atoms with Gasteiger partial charge in [-0.3, -0.25) is 20.6 Å². The van der Waals surface area contributed by atoms with E-state index < -0.39 is 0 Å². The second kappa shape index (κ2) is 4.75. The van der Waals surface area contributed by atoms with Gasteiger partial charge in [0.15, 0.2) is 5.11 Å². The molecule has 0 saturated carbocycles. The van der Waals surface area contributed by atoms with Gasteiger partial charge in [-0.05, 0) is 36.5 Å². The molecular formula is C11H10N4OS. The number of pyridine rings is 1. The third-order valence-corrected chi connectivity index (χ3v) is 2.27. The Balaban J connectivity index is 2.24. The summed E-state index contributed by atoms with van der Waals surface area (Å²) < 4.78 is 0. The van der Waals surface area contributed by atoms with E-state index in [1.54, 1.807) is 24.4 Å². The molecule has 1 amide bonds. The van der Waals surface area contributed by atoms with Crippen LogP contribution in [0.4, 0.5) is 0 Å². The number of hydrazine groups is 1. The molecule has 0 fully saturated rings. The van der Waals surface area contributed by atoms with Crippen molar-refractivity contribution in [3.05, 3.63) is 42.1 Å². The Bertz CT molecular complexity index is 584. The van der Waals surface area contributed by atoms with Crippen LogP contribution in [0.3, 0.4) is 0 Å². The lowest BCUT2D eigenvalue weighted by Gasteiger charge is -2.06. The molecule has 1 heterocycles. The first-order valence-corrected chi connectivity index (χ1v) is 5.28. The SMILES string of the molecule is NC(=S)NNC(=O)c1ccc2ncccc2c1. The number of carbonyl (C=O) groups is 1. The van der Waals surface area contributed by atoms with Crippen molar-refractivity contribution in [2.75, 3.05) is 0 Å². The normalized spacial score (nSPS) is 9.88. The first-order valence-electron chi connectivity index (χ1n) is 4.87. The Morgan fingerprint density at radius 2 is 2.12 bits per heavy atom. The summed E-state index contributed by atoms with van der Waals surface area (Å²) in [6.07, 6.45) is 1.70. The maximum absolute atomic E-state index is 11.7. The largest absolute Gasteiger partial charge is 0.375 e. The van der Waals surface area contributed by atoms with Crippen molar-refractivity contribution in [2.45, 2.75) is 0 Å². The fourth-order valence-electron chi connectivity index (χ4n) is 1.41. The average molecular weight is 246 g/mol. The van der Waals surface area contributed by atoms with Crippen molar-refractivity contribution >= 4 is 34.1 Å². The van der Waals surface area contributed by atoms with E-state index in [2.05, 4.69) is 28.1 Å². The van der Waals surface area contributed by atoms with Gasteiger partial charge in [-0.15, -0.1) is 0 Å². The van der Waals surface area contributed by atoms with E-state index in [1.807, 2.05) is 12.1 Å². The number of carbonyl (C=O) groups excluding carboxylic acids is 1. The van der Waals surface area contributed by atoms with Crippen LogP contribution in [0.1, 0.15) is 10.4 Å². The third-order valence-electron chi connectivity index (χ3n) is 2.16. The number of nitrogens with zero attached hydrogens (tertiary/aromatic N) is 1. The molecule has 2 aromatic rings. The Morgan fingerprint density at radius 3 is 2.88 bits per heavy atom. The monoisotopic (exact) mass is 246 g/mol. The first-order chi connectivity index (χ1) is 8.16. The highest BCUT2D eigenvalue weighted by Crippen LogP contribution is 2.12. The molecule has 0 aliphatic rings. The van der Waals surface area contributed by atoms with Gasteiger partial charge in [-0.2, -0.15) is 0 Å². The maximum Gasteiger partial charge on any atom is 0.269 e. The van der Waals surface area contributed by atoms with Crippen LogP contribution in [0, 0.1) is 0 Å². The summed E-state index contributed by atoms with van der Waals surface area (Å²) in [6.45, 7) is 0. The number of hydrogen-bond donors (Lipinski definition) is 3. The quantitative estimate of drug-likeness (QED) is 0.510. The minimum absolute atomic E-state index is 0.0146. The number of nitrogens with one attached hydrogen (secondary N) is 2. The summed E-state index contributed by atoms with van der Waals surface area (Å²) in [4.78, 5) is 15.9. The van der Waals surface area contributed by atoms with Crippen molar-refractivity contribution < 1.29 is 4.79 Å². The topological polar surface area (TPSA) is 80.0 Å². The zero-order chi connectivity index (χ0) is 12.3. The molecule has 86 valence electrons. The first kappa shape index (κ1) is 11.3. The highest BCUT2D eigenvalue weighted by Gasteiger charge is 2.05. The number of hydrogen-bond acceptors (Lipinski definition) is 3. The summed E-state index contributed by atoms with van der Waals surface area (Å²) in [5, 5.41) is 0.913. The highest BCUT2D eigenvalue weighted by molar-refractivity contribution is 7.80. The number of benzene rings is 1. The number of fused-ring (bicyclic) bond motifs is 1. The Kier molecular flexibility index (Phi) is 3.15. The van der Waals surface area contributed by atoms with Crippen LogP contribution in [0.5, 0.6) is 0 Å². The Labute approximate surface area is 103 Å². The molecule has 5 nitrogen and oxygen atoms in total. The standard InChI is InChI=1S/C11H10N4OS/c12-11(17)15-14-10(16)8-3-4-9-7(6-8)2-1-5-13-9/h1-6H,(H,14,16)(H3,12,15,17). The zero-order valence-corrected chi connectivity index (χ0v) is 9.62. The molecule has 6 heteroatoms. The van der Waals surface area contributed by atoms with Gasteiger partial charge in [0.05, 0.1) is 5.52 Å². The molecule has 4 N–H and O–H groups in total. The number of amides is 1. The van der Waals surface area contributed by atoms with Crippen LogP contribution in [0.15, 0.2) is 36.5 Å². The van der Waals surface area contributed by atoms with Gasteiger partial charge < -0.3 is 5.73 Å². The van der Waals surface area contributed by atoms with E-state index >= 15 is 0 Å². The summed E-state index contributed by atoms with van der Waals surface area (Å²) >= 11 is 4.58. The van der Waals surface area contributed by atoms with Gasteiger partial charge in [0.25, 0.3) is 5.91 Å². The van der Waals surface area contributed by atoms with Crippen LogP contribution >= 0.6 is 12.2 Å². The molecular weight excluding hydrogens is 236 g/mol. The van der Waals surface area contributed by atoms with Crippen molar-refractivity contribution in [1.82, 2.24) is 15.8 Å². The van der Waals surface area contributed by atoms with Crippen LogP contribution < -0.4 is 16.6 Å². The molecule has 2 rings (SSSR count). The van der Waals surface area contributed by atoms with Gasteiger partial charge in [0.1, 0.15) is 0 Å². The Morgan fingerprint density at radius 1 is 1.29 bits per heavy atom. The van der Waals surface area contributed by atoms with Gasteiger partial charge in [0.2, 0.25) is 0 Å². The molecule has 0 atom stereocenters. The van der Waals surface area contributed by atoms with E-state index in [1.165, 1.54) is 0 Å².